The van der Waals surface area contributed by atoms with Gasteiger partial charge >= 0.3 is 5.97 Å². The Morgan fingerprint density at radius 2 is 1.86 bits per heavy atom. The Morgan fingerprint density at radius 3 is 2.59 bits per heavy atom. The normalized spacial score (nSPS) is 19.6. The van der Waals surface area contributed by atoms with E-state index in [9.17, 15) is 20.1 Å². The van der Waals surface area contributed by atoms with Crippen molar-refractivity contribution in [3.05, 3.63) is 101 Å². The molecule has 0 radical (unpaired) electrons. The molecule has 0 aromatic heterocycles. The summed E-state index contributed by atoms with van der Waals surface area (Å²) < 4.78 is 12.0. The molecule has 1 aliphatic rings. The van der Waals surface area contributed by atoms with Crippen LogP contribution in [0.5, 0.6) is 5.75 Å². The maximum Gasteiger partial charge on any atom is 0.336 e. The third-order valence-electron chi connectivity index (χ3n) is 6.76. The van der Waals surface area contributed by atoms with Crippen LogP contribution in [0.2, 0.25) is 0 Å². The summed E-state index contributed by atoms with van der Waals surface area (Å²) in [4.78, 5) is 11.2. The standard InChI is InChI=1S/C30H28O6S/c31-17-27-26(29(33)34)15-21-14-24(9-10-25(21)28(27)20-6-2-1-3-7-20)35-18-19-5-4-8-22(13-19)30(37)16-23(32)11-12-36-30/h1-10,13-15,23,31-32,37H,11-12,16-18H2,(H,33,34). The predicted octanol–water partition coefficient (Wildman–Crippen LogP) is 5.53. The van der Waals surface area contributed by atoms with E-state index in [-0.39, 0.29) is 18.8 Å². The largest absolute Gasteiger partial charge is 0.489 e. The first-order valence-electron chi connectivity index (χ1n) is 12.1. The minimum atomic E-state index is -1.10. The number of benzene rings is 4. The summed E-state index contributed by atoms with van der Waals surface area (Å²) in [6.07, 6.45) is 0.561. The number of carboxylic acids is 1. The fourth-order valence-electron chi connectivity index (χ4n) is 4.92. The van der Waals surface area contributed by atoms with Gasteiger partial charge in [0.1, 0.15) is 17.3 Å². The van der Waals surface area contributed by atoms with Gasteiger partial charge in [-0.2, -0.15) is 0 Å². The predicted molar refractivity (Wildman–Crippen MR) is 145 cm³/mol. The number of aliphatic hydroxyl groups excluding tert-OH is 2. The van der Waals surface area contributed by atoms with Gasteiger partial charge in [0.25, 0.3) is 0 Å². The molecule has 4 aromatic rings. The molecule has 0 saturated carbocycles. The molecule has 2 atom stereocenters. The Hall–Kier alpha value is -3.36. The molecular formula is C30H28O6S. The Kier molecular flexibility index (Phi) is 7.22. The van der Waals surface area contributed by atoms with Gasteiger partial charge in [-0.1, -0.05) is 54.6 Å². The highest BCUT2D eigenvalue weighted by Gasteiger charge is 2.35. The van der Waals surface area contributed by atoms with Crippen molar-refractivity contribution in [3.8, 4) is 16.9 Å². The molecule has 1 aliphatic heterocycles. The van der Waals surface area contributed by atoms with E-state index in [0.29, 0.717) is 41.7 Å². The van der Waals surface area contributed by atoms with Crippen molar-refractivity contribution in [1.82, 2.24) is 0 Å². The van der Waals surface area contributed by atoms with Gasteiger partial charge in [0.15, 0.2) is 0 Å². The molecule has 5 rings (SSSR count). The topological polar surface area (TPSA) is 96.2 Å². The summed E-state index contributed by atoms with van der Waals surface area (Å²) in [6.45, 7) is 0.353. The van der Waals surface area contributed by atoms with E-state index < -0.39 is 17.0 Å². The lowest BCUT2D eigenvalue weighted by molar-refractivity contribution is -0.0660. The second-order valence-electron chi connectivity index (χ2n) is 9.26. The zero-order chi connectivity index (χ0) is 26.0. The van der Waals surface area contributed by atoms with Crippen LogP contribution in [0, 0.1) is 0 Å². The fourth-order valence-corrected chi connectivity index (χ4v) is 5.36. The first kappa shape index (κ1) is 25.3. The molecule has 37 heavy (non-hydrogen) atoms. The molecule has 3 N–H and O–H groups in total. The minimum absolute atomic E-state index is 0.0625. The number of carboxylic acid groups (broad SMARTS) is 1. The number of aliphatic hydroxyl groups is 2. The number of fused-ring (bicyclic) bond motifs is 1. The van der Waals surface area contributed by atoms with E-state index in [1.165, 1.54) is 0 Å². The van der Waals surface area contributed by atoms with Crippen molar-refractivity contribution >= 4 is 29.4 Å². The van der Waals surface area contributed by atoms with E-state index in [0.717, 1.165) is 22.1 Å². The molecule has 1 heterocycles. The Morgan fingerprint density at radius 1 is 1.05 bits per heavy atom. The van der Waals surface area contributed by atoms with Crippen LogP contribution < -0.4 is 4.74 Å². The van der Waals surface area contributed by atoms with Gasteiger partial charge in [0.2, 0.25) is 0 Å². The number of thiol groups is 1. The molecule has 4 aromatic carbocycles. The number of rotatable bonds is 7. The SMILES string of the molecule is O=C(O)c1cc2cc(OCc3cccc(C4(S)CC(O)CCO4)c3)ccc2c(-c2ccccc2)c1CO. The van der Waals surface area contributed by atoms with Gasteiger partial charge < -0.3 is 24.8 Å². The molecule has 0 amide bonds. The van der Waals surface area contributed by atoms with E-state index in [4.69, 9.17) is 22.1 Å². The van der Waals surface area contributed by atoms with Crippen LogP contribution in [0.1, 0.15) is 39.9 Å². The van der Waals surface area contributed by atoms with Crippen LogP contribution in [-0.4, -0.2) is 34.0 Å². The minimum Gasteiger partial charge on any atom is -0.489 e. The van der Waals surface area contributed by atoms with Gasteiger partial charge in [-0.25, -0.2) is 4.79 Å². The molecule has 2 unspecified atom stereocenters. The van der Waals surface area contributed by atoms with Crippen molar-refractivity contribution in [1.29, 1.82) is 0 Å². The lowest BCUT2D eigenvalue weighted by Crippen LogP contribution is -2.35. The van der Waals surface area contributed by atoms with Crippen LogP contribution in [0.4, 0.5) is 0 Å². The maximum atomic E-state index is 12.0. The summed E-state index contributed by atoms with van der Waals surface area (Å²) in [7, 11) is 0. The zero-order valence-corrected chi connectivity index (χ0v) is 21.0. The summed E-state index contributed by atoms with van der Waals surface area (Å²) in [5, 5.41) is 31.5. The molecule has 0 bridgehead atoms. The lowest BCUT2D eigenvalue weighted by Gasteiger charge is -2.36. The third-order valence-corrected chi connectivity index (χ3v) is 7.33. The summed E-state index contributed by atoms with van der Waals surface area (Å²) >= 11 is 4.72. The van der Waals surface area contributed by atoms with Crippen molar-refractivity contribution in [3.63, 3.8) is 0 Å². The number of aromatic carboxylic acids is 1. The van der Waals surface area contributed by atoms with Gasteiger partial charge in [-0.3, -0.25) is 0 Å². The van der Waals surface area contributed by atoms with Crippen LogP contribution in [0.25, 0.3) is 21.9 Å². The van der Waals surface area contributed by atoms with Crippen molar-refractivity contribution in [2.75, 3.05) is 6.61 Å². The molecule has 0 spiro atoms. The summed E-state index contributed by atoms with van der Waals surface area (Å²) in [5.41, 5.74) is 3.76. The van der Waals surface area contributed by atoms with Crippen LogP contribution in [0.15, 0.2) is 78.9 Å². The Labute approximate surface area is 220 Å². The zero-order valence-electron chi connectivity index (χ0n) is 20.1. The van der Waals surface area contributed by atoms with Gasteiger partial charge in [-0.15, -0.1) is 12.6 Å². The number of carbonyl (C=O) groups is 1. The van der Waals surface area contributed by atoms with Crippen molar-refractivity contribution in [2.24, 2.45) is 0 Å². The molecule has 1 saturated heterocycles. The van der Waals surface area contributed by atoms with Crippen molar-refractivity contribution in [2.45, 2.75) is 37.1 Å². The van der Waals surface area contributed by atoms with Crippen LogP contribution in [-0.2, 0) is 22.9 Å². The first-order valence-corrected chi connectivity index (χ1v) is 12.6. The molecule has 1 fully saturated rings. The smallest absolute Gasteiger partial charge is 0.336 e. The molecule has 7 heteroatoms. The monoisotopic (exact) mass is 516 g/mol. The third kappa shape index (κ3) is 5.22. The fraction of sp³-hybridized carbons (Fsp3) is 0.233. The lowest BCUT2D eigenvalue weighted by atomic mass is 9.90. The van der Waals surface area contributed by atoms with Crippen LogP contribution >= 0.6 is 12.6 Å². The van der Waals surface area contributed by atoms with E-state index >= 15 is 0 Å². The molecule has 190 valence electrons. The Balaban J connectivity index is 1.46. The second kappa shape index (κ2) is 10.6. The highest BCUT2D eigenvalue weighted by molar-refractivity contribution is 7.81. The summed E-state index contributed by atoms with van der Waals surface area (Å²) in [5.74, 6) is -0.503. The number of hydrogen-bond acceptors (Lipinski definition) is 6. The molecule has 6 nitrogen and oxygen atoms in total. The van der Waals surface area contributed by atoms with Gasteiger partial charge in [0.05, 0.1) is 24.9 Å². The average Bonchev–Trinajstić information content (AvgIpc) is 2.91. The van der Waals surface area contributed by atoms with Gasteiger partial charge in [0, 0.05) is 12.0 Å². The highest BCUT2D eigenvalue weighted by atomic mass is 32.1. The van der Waals surface area contributed by atoms with Crippen LogP contribution in [0.3, 0.4) is 0 Å². The number of hydrogen-bond donors (Lipinski definition) is 4. The first-order chi connectivity index (χ1) is 17.9. The van der Waals surface area contributed by atoms with E-state index in [2.05, 4.69) is 0 Å². The Bertz CT molecular complexity index is 1440. The molecular weight excluding hydrogens is 488 g/mol. The van der Waals surface area contributed by atoms with Gasteiger partial charge in [-0.05, 0) is 63.7 Å². The van der Waals surface area contributed by atoms with E-state index in [1.807, 2.05) is 72.8 Å². The van der Waals surface area contributed by atoms with E-state index in [1.54, 1.807) is 6.07 Å². The summed E-state index contributed by atoms with van der Waals surface area (Å²) in [6, 6.07) is 24.4. The number of ether oxygens (including phenoxy) is 2. The quantitative estimate of drug-likeness (QED) is 0.241. The second-order valence-corrected chi connectivity index (χ2v) is 9.98. The average molecular weight is 517 g/mol. The van der Waals surface area contributed by atoms with Crippen molar-refractivity contribution < 1.29 is 29.6 Å². The highest BCUT2D eigenvalue weighted by Crippen LogP contribution is 2.39. The maximum absolute atomic E-state index is 12.0. The molecule has 0 aliphatic carbocycles.